The van der Waals surface area contributed by atoms with E-state index in [0.717, 1.165) is 47.6 Å². The van der Waals surface area contributed by atoms with Gasteiger partial charge in [-0.1, -0.05) is 51.5 Å². The van der Waals surface area contributed by atoms with Gasteiger partial charge in [0.05, 0.1) is 24.0 Å². The summed E-state index contributed by atoms with van der Waals surface area (Å²) in [6.07, 6.45) is 3.42. The van der Waals surface area contributed by atoms with E-state index in [0.29, 0.717) is 25.0 Å². The fourth-order valence-electron chi connectivity index (χ4n) is 4.94. The third-order valence-electron chi connectivity index (χ3n) is 6.42. The molecule has 4 rings (SSSR count). The number of ether oxygens (including phenoxy) is 1. The van der Waals surface area contributed by atoms with Gasteiger partial charge in [0.2, 0.25) is 5.91 Å². The molecule has 0 aromatic heterocycles. The number of hydrogen-bond donors (Lipinski definition) is 1. The molecule has 1 heterocycles. The summed E-state index contributed by atoms with van der Waals surface area (Å²) in [5.41, 5.74) is 4.10. The number of amides is 1. The minimum Gasteiger partial charge on any atom is -0.494 e. The number of unbranched alkanes of at least 4 members (excludes halogenated alkanes) is 1. The predicted octanol–water partition coefficient (Wildman–Crippen LogP) is 6.42. The molecule has 1 aliphatic heterocycles. The molecule has 0 saturated carbocycles. The first-order chi connectivity index (χ1) is 15.8. The quantitative estimate of drug-likeness (QED) is 0.556. The number of Topliss-reactive ketones (excluding diaryl/α,β-unsaturated/α-hetero) is 1. The highest BCUT2D eigenvalue weighted by Crippen LogP contribution is 2.48. The number of carbonyl (C=O) groups is 2. The van der Waals surface area contributed by atoms with Crippen molar-refractivity contribution in [3.8, 4) is 5.75 Å². The molecule has 2 aromatic rings. The second-order valence-corrected chi connectivity index (χ2v) is 9.75. The van der Waals surface area contributed by atoms with Gasteiger partial charge >= 0.3 is 0 Å². The summed E-state index contributed by atoms with van der Waals surface area (Å²) in [6.45, 7) is 8.88. The van der Waals surface area contributed by atoms with E-state index < -0.39 is 6.04 Å². The average Bonchev–Trinajstić information content (AvgIpc) is 2.91. The van der Waals surface area contributed by atoms with Gasteiger partial charge in [-0.2, -0.15) is 0 Å². The molecule has 0 unspecified atom stereocenters. The summed E-state index contributed by atoms with van der Waals surface area (Å²) in [5, 5.41) is 3.56. The van der Waals surface area contributed by atoms with E-state index in [1.165, 1.54) is 0 Å². The molecular weight excluding hydrogens is 412 g/mol. The number of allylic oxidation sites excluding steroid dienone is 1. The molecule has 5 heteroatoms. The maximum atomic E-state index is 13.7. The number of hydrogen-bond acceptors (Lipinski definition) is 4. The molecule has 0 fully saturated rings. The number of rotatable bonds is 6. The van der Waals surface area contributed by atoms with Gasteiger partial charge in [0.15, 0.2) is 5.78 Å². The summed E-state index contributed by atoms with van der Waals surface area (Å²) < 4.78 is 5.64. The van der Waals surface area contributed by atoms with Crippen molar-refractivity contribution in [3.63, 3.8) is 0 Å². The second kappa shape index (κ2) is 9.42. The number of benzene rings is 2. The smallest absolute Gasteiger partial charge is 0.227 e. The fourth-order valence-corrected chi connectivity index (χ4v) is 4.94. The van der Waals surface area contributed by atoms with E-state index >= 15 is 0 Å². The van der Waals surface area contributed by atoms with Crippen LogP contribution in [0.4, 0.5) is 11.4 Å². The predicted molar refractivity (Wildman–Crippen MR) is 132 cm³/mol. The van der Waals surface area contributed by atoms with E-state index in [4.69, 9.17) is 4.74 Å². The van der Waals surface area contributed by atoms with Gasteiger partial charge in [0, 0.05) is 24.1 Å². The van der Waals surface area contributed by atoms with Crippen molar-refractivity contribution < 1.29 is 14.3 Å². The average molecular weight is 447 g/mol. The van der Waals surface area contributed by atoms with Crippen LogP contribution in [0.15, 0.2) is 59.8 Å². The van der Waals surface area contributed by atoms with Crippen LogP contribution in [0.1, 0.15) is 71.4 Å². The Morgan fingerprint density at radius 1 is 1.09 bits per heavy atom. The van der Waals surface area contributed by atoms with Crippen LogP contribution in [0.3, 0.4) is 0 Å². The van der Waals surface area contributed by atoms with E-state index in [-0.39, 0.29) is 17.1 Å². The van der Waals surface area contributed by atoms with E-state index in [1.54, 1.807) is 0 Å². The molecule has 0 radical (unpaired) electrons. The highest BCUT2D eigenvalue weighted by Gasteiger charge is 2.43. The first-order valence-electron chi connectivity index (χ1n) is 12.0. The van der Waals surface area contributed by atoms with Gasteiger partial charge in [0.25, 0.3) is 0 Å². The van der Waals surface area contributed by atoms with E-state index in [2.05, 4.69) is 26.1 Å². The van der Waals surface area contributed by atoms with Crippen molar-refractivity contribution in [1.29, 1.82) is 0 Å². The number of fused-ring (bicyclic) bond motifs is 1. The zero-order valence-electron chi connectivity index (χ0n) is 20.1. The molecule has 0 bridgehead atoms. The molecular formula is C28H34N2O3. The summed E-state index contributed by atoms with van der Waals surface area (Å²) in [7, 11) is 0. The van der Waals surface area contributed by atoms with Crippen molar-refractivity contribution in [2.75, 3.05) is 16.8 Å². The Balaban J connectivity index is 1.92. The maximum absolute atomic E-state index is 13.7. The van der Waals surface area contributed by atoms with Crippen LogP contribution in [-0.4, -0.2) is 18.3 Å². The standard InChI is InChI=1S/C28H34N2O3/c1-5-7-12-25(32)30-23-11-9-8-10-21(23)29-22-17-28(3,4)18-24(31)26(22)27(30)19-13-15-20(16-14-19)33-6-2/h8-11,13-16,27,29H,5-7,12,17-18H2,1-4H3/t27-/m1/s1. The molecule has 1 amide bonds. The molecule has 0 saturated heterocycles. The van der Waals surface area contributed by atoms with Crippen molar-refractivity contribution in [3.05, 3.63) is 65.4 Å². The minimum atomic E-state index is -0.472. The molecule has 1 atom stereocenters. The zero-order chi connectivity index (χ0) is 23.6. The van der Waals surface area contributed by atoms with Gasteiger partial charge in [-0.05, 0) is 55.0 Å². The van der Waals surface area contributed by atoms with Crippen LogP contribution in [-0.2, 0) is 9.59 Å². The van der Waals surface area contributed by atoms with Gasteiger partial charge < -0.3 is 10.1 Å². The molecule has 0 spiro atoms. The van der Waals surface area contributed by atoms with Crippen LogP contribution in [0.2, 0.25) is 0 Å². The van der Waals surface area contributed by atoms with Crippen molar-refractivity contribution in [1.82, 2.24) is 0 Å². The van der Waals surface area contributed by atoms with Gasteiger partial charge in [-0.15, -0.1) is 0 Å². The highest BCUT2D eigenvalue weighted by molar-refractivity contribution is 6.06. The number of ketones is 1. The zero-order valence-corrected chi connectivity index (χ0v) is 20.1. The lowest BCUT2D eigenvalue weighted by atomic mass is 9.73. The lowest BCUT2D eigenvalue weighted by Crippen LogP contribution is -2.39. The Bertz CT molecular complexity index is 1070. The second-order valence-electron chi connectivity index (χ2n) is 9.75. The largest absolute Gasteiger partial charge is 0.494 e. The molecule has 1 aliphatic carbocycles. The lowest BCUT2D eigenvalue weighted by Gasteiger charge is -2.37. The lowest BCUT2D eigenvalue weighted by molar-refractivity contribution is -0.119. The molecule has 174 valence electrons. The van der Waals surface area contributed by atoms with Crippen LogP contribution in [0.5, 0.6) is 5.75 Å². The van der Waals surface area contributed by atoms with Crippen LogP contribution >= 0.6 is 0 Å². The Hall–Kier alpha value is -3.08. The summed E-state index contributed by atoms with van der Waals surface area (Å²) in [5.74, 6) is 0.924. The fraction of sp³-hybridized carbons (Fsp3) is 0.429. The Labute approximate surface area is 196 Å². The Morgan fingerprint density at radius 3 is 2.52 bits per heavy atom. The third-order valence-corrected chi connectivity index (χ3v) is 6.42. The first kappa shape index (κ1) is 23.1. The van der Waals surface area contributed by atoms with Crippen molar-refractivity contribution in [2.24, 2.45) is 5.41 Å². The molecule has 33 heavy (non-hydrogen) atoms. The van der Waals surface area contributed by atoms with Crippen LogP contribution in [0, 0.1) is 5.41 Å². The van der Waals surface area contributed by atoms with E-state index in [1.807, 2.05) is 60.4 Å². The maximum Gasteiger partial charge on any atom is 0.227 e. The van der Waals surface area contributed by atoms with Crippen molar-refractivity contribution >= 4 is 23.1 Å². The summed E-state index contributed by atoms with van der Waals surface area (Å²) >= 11 is 0. The molecule has 1 N–H and O–H groups in total. The normalized spacial score (nSPS) is 19.3. The first-order valence-corrected chi connectivity index (χ1v) is 12.0. The van der Waals surface area contributed by atoms with Gasteiger partial charge in [-0.3, -0.25) is 14.5 Å². The van der Waals surface area contributed by atoms with Gasteiger partial charge in [0.1, 0.15) is 5.75 Å². The number of anilines is 2. The van der Waals surface area contributed by atoms with Crippen molar-refractivity contribution in [2.45, 2.75) is 65.8 Å². The highest BCUT2D eigenvalue weighted by atomic mass is 16.5. The minimum absolute atomic E-state index is 0.0383. The Morgan fingerprint density at radius 2 is 1.82 bits per heavy atom. The number of nitrogens with one attached hydrogen (secondary N) is 1. The van der Waals surface area contributed by atoms with Crippen LogP contribution in [0.25, 0.3) is 0 Å². The number of para-hydroxylation sites is 2. The number of carbonyl (C=O) groups excluding carboxylic acids is 2. The molecule has 5 nitrogen and oxygen atoms in total. The SMILES string of the molecule is CCCCC(=O)N1c2ccccc2NC2=C(C(=O)CC(C)(C)C2)[C@H]1c1ccc(OCC)cc1. The third kappa shape index (κ3) is 4.68. The summed E-state index contributed by atoms with van der Waals surface area (Å²) in [4.78, 5) is 29.2. The topological polar surface area (TPSA) is 58.6 Å². The molecule has 2 aromatic carbocycles. The van der Waals surface area contributed by atoms with E-state index in [9.17, 15) is 9.59 Å². The summed E-state index contributed by atoms with van der Waals surface area (Å²) in [6, 6.07) is 15.2. The van der Waals surface area contributed by atoms with Gasteiger partial charge in [-0.25, -0.2) is 0 Å². The monoisotopic (exact) mass is 446 g/mol. The Kier molecular flexibility index (Phi) is 6.59. The molecule has 2 aliphatic rings. The number of nitrogens with zero attached hydrogens (tertiary/aromatic N) is 1. The van der Waals surface area contributed by atoms with Crippen LogP contribution < -0.4 is 15.0 Å².